The summed E-state index contributed by atoms with van der Waals surface area (Å²) < 4.78 is 1.41. The Balaban J connectivity index is 0.00000201. The zero-order valence-electron chi connectivity index (χ0n) is 21.7. The lowest BCUT2D eigenvalue weighted by molar-refractivity contribution is -0.113. The zero-order valence-corrected chi connectivity index (χ0v) is 23.4. The lowest BCUT2D eigenvalue weighted by Gasteiger charge is -2.14. The number of nitrogens with zero attached hydrogens (tertiary/aromatic N) is 2. The first-order valence-corrected chi connectivity index (χ1v) is 12.9. The van der Waals surface area contributed by atoms with Crippen LogP contribution in [-0.2, 0) is 4.79 Å². The van der Waals surface area contributed by atoms with Gasteiger partial charge in [0, 0.05) is 11.4 Å². The summed E-state index contributed by atoms with van der Waals surface area (Å²) in [6.45, 7) is 19.9. The minimum absolute atomic E-state index is 0.0959. The van der Waals surface area contributed by atoms with E-state index in [2.05, 4.69) is 43.4 Å². The van der Waals surface area contributed by atoms with Crippen LogP contribution in [0, 0.1) is 13.8 Å². The first kappa shape index (κ1) is 31.5. The maximum absolute atomic E-state index is 12.9. The van der Waals surface area contributed by atoms with Crippen molar-refractivity contribution in [2.75, 3.05) is 11.1 Å². The van der Waals surface area contributed by atoms with Crippen LogP contribution in [0.3, 0.4) is 0 Å². The van der Waals surface area contributed by atoms with Gasteiger partial charge in [-0.1, -0.05) is 76.8 Å². The number of carbonyl (C=O) groups is 1. The average molecular weight is 502 g/mol. The Morgan fingerprint density at radius 1 is 1.18 bits per heavy atom. The Kier molecular flexibility index (Phi) is 15.7. The molecule has 1 aromatic heterocycles. The number of allylic oxidation sites excluding steroid dienone is 4. The molecular weight excluding hydrogens is 462 g/mol. The average Bonchev–Trinajstić information content (AvgIpc) is 2.79. The molecule has 0 saturated carbocycles. The highest BCUT2D eigenvalue weighted by molar-refractivity contribution is 7.99. The van der Waals surface area contributed by atoms with Crippen LogP contribution in [0.1, 0.15) is 64.7 Å². The van der Waals surface area contributed by atoms with Crippen LogP contribution in [-0.4, -0.2) is 21.2 Å². The fraction of sp³-hybridized carbons (Fsp3) is 0.370. The SMILES string of the molecule is C=C(/C=C\C)n1c(SCC(=O)Nc2ccc(C)c(C)c2)nc(S)c(/C=C/C)c1=O.CC.CCC. The van der Waals surface area contributed by atoms with Gasteiger partial charge in [0.25, 0.3) is 5.56 Å². The van der Waals surface area contributed by atoms with Crippen LogP contribution < -0.4 is 10.9 Å². The number of aromatic nitrogens is 2. The van der Waals surface area contributed by atoms with E-state index in [0.29, 0.717) is 21.4 Å². The summed E-state index contributed by atoms with van der Waals surface area (Å²) in [5.41, 5.74) is 3.58. The van der Waals surface area contributed by atoms with Crippen LogP contribution in [0.25, 0.3) is 11.8 Å². The molecule has 0 aliphatic carbocycles. The monoisotopic (exact) mass is 501 g/mol. The Hall–Kier alpha value is -2.51. The second-order valence-electron chi connectivity index (χ2n) is 7.11. The van der Waals surface area contributed by atoms with E-state index < -0.39 is 0 Å². The van der Waals surface area contributed by atoms with Gasteiger partial charge in [0.2, 0.25) is 5.91 Å². The fourth-order valence-corrected chi connectivity index (χ4v) is 3.73. The largest absolute Gasteiger partial charge is 0.325 e. The molecule has 0 unspecified atom stereocenters. The van der Waals surface area contributed by atoms with Crippen molar-refractivity contribution in [1.82, 2.24) is 9.55 Å². The molecule has 1 amide bonds. The van der Waals surface area contributed by atoms with E-state index in [9.17, 15) is 9.59 Å². The molecule has 0 bridgehead atoms. The Morgan fingerprint density at radius 2 is 1.79 bits per heavy atom. The second-order valence-corrected chi connectivity index (χ2v) is 8.47. The van der Waals surface area contributed by atoms with Crippen LogP contribution in [0.2, 0.25) is 0 Å². The highest BCUT2D eigenvalue weighted by atomic mass is 32.2. The van der Waals surface area contributed by atoms with E-state index in [0.717, 1.165) is 28.6 Å². The van der Waals surface area contributed by atoms with Gasteiger partial charge in [-0.05, 0) is 57.0 Å². The van der Waals surface area contributed by atoms with Crippen molar-refractivity contribution in [3.8, 4) is 0 Å². The van der Waals surface area contributed by atoms with Gasteiger partial charge in [-0.2, -0.15) is 0 Å². The molecule has 0 aliphatic heterocycles. The third-order valence-electron chi connectivity index (χ3n) is 4.17. The molecular formula is C27H39N3O2S2. The van der Waals surface area contributed by atoms with Crippen molar-refractivity contribution in [2.45, 2.75) is 72.0 Å². The van der Waals surface area contributed by atoms with Gasteiger partial charge in [-0.25, -0.2) is 4.98 Å². The summed E-state index contributed by atoms with van der Waals surface area (Å²) in [6.07, 6.45) is 8.18. The Bertz CT molecular complexity index is 1070. The number of nitrogens with one attached hydrogen (secondary N) is 1. The van der Waals surface area contributed by atoms with Gasteiger partial charge < -0.3 is 5.32 Å². The first-order valence-electron chi connectivity index (χ1n) is 11.5. The molecule has 7 heteroatoms. The summed E-state index contributed by atoms with van der Waals surface area (Å²) in [6, 6.07) is 5.76. The van der Waals surface area contributed by atoms with Gasteiger partial charge in [0.15, 0.2) is 5.16 Å². The van der Waals surface area contributed by atoms with Gasteiger partial charge >= 0.3 is 0 Å². The molecule has 5 nitrogen and oxygen atoms in total. The topological polar surface area (TPSA) is 64.0 Å². The van der Waals surface area contributed by atoms with Crippen molar-refractivity contribution >= 4 is 47.8 Å². The van der Waals surface area contributed by atoms with Gasteiger partial charge in [0.1, 0.15) is 5.03 Å². The summed E-state index contributed by atoms with van der Waals surface area (Å²) >= 11 is 5.51. The van der Waals surface area contributed by atoms with Gasteiger partial charge in [-0.15, -0.1) is 12.6 Å². The summed E-state index contributed by atoms with van der Waals surface area (Å²) in [5, 5.41) is 3.56. The number of thiol groups is 1. The lowest BCUT2D eigenvalue weighted by Crippen LogP contribution is -2.25. The lowest BCUT2D eigenvalue weighted by atomic mass is 10.1. The summed E-state index contributed by atoms with van der Waals surface area (Å²) in [5.74, 6) is -0.0903. The molecule has 2 rings (SSSR count). The molecule has 0 fully saturated rings. The van der Waals surface area contributed by atoms with E-state index in [1.165, 1.54) is 11.0 Å². The molecule has 0 atom stereocenters. The Morgan fingerprint density at radius 3 is 2.32 bits per heavy atom. The van der Waals surface area contributed by atoms with E-state index in [4.69, 9.17) is 0 Å². The van der Waals surface area contributed by atoms with Crippen molar-refractivity contribution < 1.29 is 4.79 Å². The molecule has 186 valence electrons. The third kappa shape index (κ3) is 9.77. The number of aryl methyl sites for hydroxylation is 2. The predicted molar refractivity (Wildman–Crippen MR) is 153 cm³/mol. The smallest absolute Gasteiger partial charge is 0.267 e. The molecule has 1 aromatic carbocycles. The van der Waals surface area contributed by atoms with E-state index >= 15 is 0 Å². The predicted octanol–water partition coefficient (Wildman–Crippen LogP) is 7.40. The number of hydrogen-bond donors (Lipinski definition) is 2. The van der Waals surface area contributed by atoms with Crippen LogP contribution in [0.5, 0.6) is 0 Å². The van der Waals surface area contributed by atoms with Crippen LogP contribution >= 0.6 is 24.4 Å². The molecule has 0 spiro atoms. The number of amides is 1. The molecule has 2 aromatic rings. The number of thioether (sulfide) groups is 1. The maximum atomic E-state index is 12.9. The number of carbonyl (C=O) groups excluding carboxylic acids is 1. The maximum Gasteiger partial charge on any atom is 0.267 e. The quantitative estimate of drug-likeness (QED) is 0.136. The highest BCUT2D eigenvalue weighted by Crippen LogP contribution is 2.22. The standard InChI is InChI=1S/C22H25N3O2S2.C3H8.C2H6/c1-6-8-16(5)25-21(27)18(9-7-2)20(28)24-22(25)29-13-19(26)23-17-11-10-14(3)15(4)12-17;1-3-2;1-2/h6-12,28H,5,13H2,1-4H3,(H,23,26);3H2,1-2H3;1-2H3/b8-6-,9-7+;;. The van der Waals surface area contributed by atoms with Crippen molar-refractivity contribution in [3.63, 3.8) is 0 Å². The van der Waals surface area contributed by atoms with E-state index in [-0.39, 0.29) is 17.2 Å². The fourth-order valence-electron chi connectivity index (χ4n) is 2.58. The number of rotatable bonds is 7. The van der Waals surface area contributed by atoms with E-state index in [1.54, 1.807) is 24.3 Å². The number of anilines is 1. The molecule has 0 aliphatic rings. The minimum atomic E-state index is -0.275. The van der Waals surface area contributed by atoms with Crippen molar-refractivity contribution in [1.29, 1.82) is 0 Å². The second kappa shape index (κ2) is 17.0. The Labute approximate surface area is 214 Å². The minimum Gasteiger partial charge on any atom is -0.325 e. The third-order valence-corrected chi connectivity index (χ3v) is 5.45. The molecule has 0 saturated heterocycles. The van der Waals surface area contributed by atoms with E-state index in [1.807, 2.05) is 59.7 Å². The van der Waals surface area contributed by atoms with Crippen molar-refractivity contribution in [3.05, 3.63) is 70.1 Å². The normalized spacial score (nSPS) is 10.4. The van der Waals surface area contributed by atoms with Gasteiger partial charge in [0.05, 0.1) is 11.3 Å². The molecule has 1 N–H and O–H groups in total. The zero-order chi connectivity index (χ0) is 26.3. The number of benzene rings is 1. The molecule has 34 heavy (non-hydrogen) atoms. The van der Waals surface area contributed by atoms with Crippen LogP contribution in [0.15, 0.2) is 58.0 Å². The summed E-state index contributed by atoms with van der Waals surface area (Å²) in [4.78, 5) is 29.8. The van der Waals surface area contributed by atoms with Crippen LogP contribution in [0.4, 0.5) is 5.69 Å². The molecule has 1 heterocycles. The summed E-state index contributed by atoms with van der Waals surface area (Å²) in [7, 11) is 0. The van der Waals surface area contributed by atoms with Crippen molar-refractivity contribution in [2.24, 2.45) is 0 Å². The molecule has 0 radical (unpaired) electrons. The highest BCUT2D eigenvalue weighted by Gasteiger charge is 2.16. The first-order chi connectivity index (χ1) is 16.2. The number of hydrogen-bond acceptors (Lipinski definition) is 5. The van der Waals surface area contributed by atoms with Gasteiger partial charge in [-0.3, -0.25) is 14.2 Å².